The average molecular weight is 282 g/mol. The topological polar surface area (TPSA) is 76.7 Å². The largest absolute Gasteiger partial charge is 0.481 e. The van der Waals surface area contributed by atoms with E-state index in [-0.39, 0.29) is 12.5 Å². The summed E-state index contributed by atoms with van der Waals surface area (Å²) in [5.74, 6) is -0.938. The first kappa shape index (κ1) is 12.4. The highest BCUT2D eigenvalue weighted by molar-refractivity contribution is 6.29. The molecular formula is C12H12ClN3O3. The molecule has 1 atom stereocenters. The van der Waals surface area contributed by atoms with E-state index in [1.165, 1.54) is 10.6 Å². The predicted molar refractivity (Wildman–Crippen MR) is 67.3 cm³/mol. The first-order valence-electron chi connectivity index (χ1n) is 6.02. The number of halogens is 1. The van der Waals surface area contributed by atoms with Gasteiger partial charge in [-0.15, -0.1) is 0 Å². The first-order valence-corrected chi connectivity index (χ1v) is 6.40. The molecule has 3 heterocycles. The molecule has 1 aliphatic rings. The molecule has 1 unspecified atom stereocenters. The van der Waals surface area contributed by atoms with Gasteiger partial charge < -0.3 is 9.84 Å². The fourth-order valence-corrected chi connectivity index (χ4v) is 2.47. The van der Waals surface area contributed by atoms with Gasteiger partial charge in [0.2, 0.25) is 0 Å². The molecule has 0 amide bonds. The van der Waals surface area contributed by atoms with Gasteiger partial charge in [0.15, 0.2) is 5.65 Å². The lowest BCUT2D eigenvalue weighted by molar-refractivity contribution is -0.136. The number of hydrogen-bond donors (Lipinski definition) is 1. The Kier molecular flexibility index (Phi) is 3.12. The van der Waals surface area contributed by atoms with Crippen molar-refractivity contribution >= 4 is 23.2 Å². The number of carboxylic acids is 1. The Morgan fingerprint density at radius 3 is 3.11 bits per heavy atom. The Balaban J connectivity index is 2.01. The van der Waals surface area contributed by atoms with Gasteiger partial charge in [0.25, 0.3) is 0 Å². The Labute approximate surface area is 114 Å². The second-order valence-electron chi connectivity index (χ2n) is 4.48. The van der Waals surface area contributed by atoms with Gasteiger partial charge >= 0.3 is 5.97 Å². The molecule has 1 aliphatic heterocycles. The Bertz CT molecular complexity index is 634. The molecule has 2 aromatic rings. The van der Waals surface area contributed by atoms with Crippen molar-refractivity contribution in [2.24, 2.45) is 0 Å². The highest BCUT2D eigenvalue weighted by Crippen LogP contribution is 2.28. The molecule has 7 heteroatoms. The van der Waals surface area contributed by atoms with Crippen LogP contribution in [0, 0.1) is 0 Å². The van der Waals surface area contributed by atoms with E-state index in [0.717, 1.165) is 25.1 Å². The van der Waals surface area contributed by atoms with Crippen LogP contribution < -0.4 is 0 Å². The van der Waals surface area contributed by atoms with Crippen molar-refractivity contribution in [3.05, 3.63) is 28.7 Å². The van der Waals surface area contributed by atoms with Crippen LogP contribution in [0.5, 0.6) is 0 Å². The van der Waals surface area contributed by atoms with Crippen LogP contribution in [0.4, 0.5) is 0 Å². The van der Waals surface area contributed by atoms with Crippen LogP contribution in [0.1, 0.15) is 30.3 Å². The number of fused-ring (bicyclic) bond motifs is 1. The predicted octanol–water partition coefficient (Wildman–Crippen LogP) is 1.86. The molecule has 2 aromatic heterocycles. The van der Waals surface area contributed by atoms with Crippen LogP contribution in [-0.4, -0.2) is 32.3 Å². The smallest absolute Gasteiger partial charge is 0.309 e. The number of hydrogen-bond acceptors (Lipinski definition) is 4. The second-order valence-corrected chi connectivity index (χ2v) is 4.87. The molecule has 1 fully saturated rings. The monoisotopic (exact) mass is 281 g/mol. The normalized spacial score (nSPS) is 19.1. The molecule has 0 saturated carbocycles. The number of aliphatic carboxylic acids is 1. The maximum Gasteiger partial charge on any atom is 0.309 e. The van der Waals surface area contributed by atoms with E-state index < -0.39 is 5.97 Å². The van der Waals surface area contributed by atoms with E-state index in [4.69, 9.17) is 21.4 Å². The zero-order valence-electron chi connectivity index (χ0n) is 10.0. The number of carboxylic acid groups (broad SMARTS) is 1. The molecule has 0 aliphatic carbocycles. The van der Waals surface area contributed by atoms with Crippen LogP contribution >= 0.6 is 11.6 Å². The molecule has 0 aromatic carbocycles. The SMILES string of the molecule is O=C(O)Cc1cc(Cl)n2nc(C3CCCO3)cc2n1. The molecular weight excluding hydrogens is 270 g/mol. The fraction of sp³-hybridized carbons (Fsp3) is 0.417. The summed E-state index contributed by atoms with van der Waals surface area (Å²) in [6.07, 6.45) is 1.78. The maximum absolute atomic E-state index is 10.7. The first-order chi connectivity index (χ1) is 9.13. The molecule has 100 valence electrons. The van der Waals surface area contributed by atoms with Gasteiger partial charge in [-0.1, -0.05) is 11.6 Å². The van der Waals surface area contributed by atoms with Crippen LogP contribution in [0.3, 0.4) is 0 Å². The number of nitrogens with zero attached hydrogens (tertiary/aromatic N) is 3. The van der Waals surface area contributed by atoms with Crippen molar-refractivity contribution in [3.8, 4) is 0 Å². The fourth-order valence-electron chi connectivity index (χ4n) is 2.22. The molecule has 1 N–H and O–H groups in total. The summed E-state index contributed by atoms with van der Waals surface area (Å²) in [6, 6.07) is 3.32. The highest BCUT2D eigenvalue weighted by Gasteiger charge is 2.21. The van der Waals surface area contributed by atoms with Crippen LogP contribution in [0.15, 0.2) is 12.1 Å². The number of aromatic nitrogens is 3. The van der Waals surface area contributed by atoms with E-state index in [9.17, 15) is 4.79 Å². The Morgan fingerprint density at radius 2 is 2.42 bits per heavy atom. The number of ether oxygens (including phenoxy) is 1. The molecule has 0 radical (unpaired) electrons. The Hall–Kier alpha value is -1.66. The lowest BCUT2D eigenvalue weighted by Gasteiger charge is -2.03. The van der Waals surface area contributed by atoms with Crippen molar-refractivity contribution in [1.29, 1.82) is 0 Å². The molecule has 3 rings (SSSR count). The molecule has 0 bridgehead atoms. The van der Waals surface area contributed by atoms with Gasteiger partial charge in [0.1, 0.15) is 11.3 Å². The summed E-state index contributed by atoms with van der Waals surface area (Å²) in [7, 11) is 0. The minimum Gasteiger partial charge on any atom is -0.481 e. The molecule has 6 nitrogen and oxygen atoms in total. The van der Waals surface area contributed by atoms with Gasteiger partial charge in [-0.2, -0.15) is 5.10 Å². The summed E-state index contributed by atoms with van der Waals surface area (Å²) < 4.78 is 7.07. The van der Waals surface area contributed by atoms with E-state index in [1.807, 2.05) is 0 Å². The van der Waals surface area contributed by atoms with Gasteiger partial charge in [-0.3, -0.25) is 4.79 Å². The number of carbonyl (C=O) groups is 1. The summed E-state index contributed by atoms with van der Waals surface area (Å²) >= 11 is 6.09. The third-order valence-corrected chi connectivity index (χ3v) is 3.32. The summed E-state index contributed by atoms with van der Waals surface area (Å²) in [6.45, 7) is 0.740. The standard InChI is InChI=1S/C12H12ClN3O3/c13-10-4-7(5-12(17)18)14-11-6-8(15-16(10)11)9-2-1-3-19-9/h4,6,9H,1-3,5H2,(H,17,18). The lowest BCUT2D eigenvalue weighted by Crippen LogP contribution is -2.04. The Morgan fingerprint density at radius 1 is 1.58 bits per heavy atom. The number of rotatable bonds is 3. The minimum atomic E-state index is -0.938. The molecule has 1 saturated heterocycles. The van der Waals surface area contributed by atoms with Crippen LogP contribution in [0.25, 0.3) is 5.65 Å². The van der Waals surface area contributed by atoms with Crippen molar-refractivity contribution in [2.75, 3.05) is 6.61 Å². The summed E-state index contributed by atoms with van der Waals surface area (Å²) in [5.41, 5.74) is 1.76. The van der Waals surface area contributed by atoms with E-state index in [1.54, 1.807) is 6.07 Å². The second kappa shape index (κ2) is 4.79. The van der Waals surface area contributed by atoms with Crippen LogP contribution in [-0.2, 0) is 16.0 Å². The van der Waals surface area contributed by atoms with Gasteiger partial charge in [-0.25, -0.2) is 9.50 Å². The van der Waals surface area contributed by atoms with Gasteiger partial charge in [-0.05, 0) is 18.9 Å². The highest BCUT2D eigenvalue weighted by atomic mass is 35.5. The third kappa shape index (κ3) is 2.41. The quantitative estimate of drug-likeness (QED) is 0.869. The van der Waals surface area contributed by atoms with E-state index in [2.05, 4.69) is 10.1 Å². The average Bonchev–Trinajstić information content (AvgIpc) is 2.95. The van der Waals surface area contributed by atoms with E-state index in [0.29, 0.717) is 16.5 Å². The molecule has 19 heavy (non-hydrogen) atoms. The van der Waals surface area contributed by atoms with Crippen molar-refractivity contribution < 1.29 is 14.6 Å². The zero-order chi connectivity index (χ0) is 13.4. The van der Waals surface area contributed by atoms with Gasteiger partial charge in [0.05, 0.1) is 17.8 Å². The maximum atomic E-state index is 10.7. The minimum absolute atomic E-state index is 0.0132. The summed E-state index contributed by atoms with van der Waals surface area (Å²) in [4.78, 5) is 15.0. The van der Waals surface area contributed by atoms with Crippen molar-refractivity contribution in [1.82, 2.24) is 14.6 Å². The van der Waals surface area contributed by atoms with Crippen LogP contribution in [0.2, 0.25) is 5.15 Å². The van der Waals surface area contributed by atoms with E-state index >= 15 is 0 Å². The summed E-state index contributed by atoms with van der Waals surface area (Å²) in [5, 5.41) is 13.5. The van der Waals surface area contributed by atoms with Gasteiger partial charge in [0, 0.05) is 12.7 Å². The van der Waals surface area contributed by atoms with Crippen molar-refractivity contribution in [3.63, 3.8) is 0 Å². The lowest BCUT2D eigenvalue weighted by atomic mass is 10.2. The zero-order valence-corrected chi connectivity index (χ0v) is 10.8. The molecule has 0 spiro atoms. The van der Waals surface area contributed by atoms with Crippen molar-refractivity contribution in [2.45, 2.75) is 25.4 Å². The third-order valence-electron chi connectivity index (χ3n) is 3.05.